The third-order valence-electron chi connectivity index (χ3n) is 6.63. The molecule has 206 valence electrons. The van der Waals surface area contributed by atoms with Crippen LogP contribution in [0.1, 0.15) is 20.7 Å². The number of sulfonamides is 1. The number of fused-ring (bicyclic) bond motifs is 1. The van der Waals surface area contributed by atoms with Crippen LogP contribution in [0.4, 0.5) is 5.69 Å². The Bertz CT molecular complexity index is 1680. The fraction of sp³-hybridized carbons (Fsp3) is 0.214. The summed E-state index contributed by atoms with van der Waals surface area (Å²) in [4.78, 5) is 37.9. The average molecular weight is 562 g/mol. The zero-order chi connectivity index (χ0) is 28.3. The molecule has 3 heterocycles. The van der Waals surface area contributed by atoms with Crippen molar-refractivity contribution in [2.75, 3.05) is 45.1 Å². The SMILES string of the molecule is COc1cc(C(=O)N2CCN(C(=O)c3cccnc3OC)CC2)ccc1NS(=O)(=O)c1cccc2cccnc12. The summed E-state index contributed by atoms with van der Waals surface area (Å²) < 4.78 is 39.7. The molecule has 4 aromatic rings. The lowest BCUT2D eigenvalue weighted by Crippen LogP contribution is -2.50. The van der Waals surface area contributed by atoms with Crippen LogP contribution in [0.3, 0.4) is 0 Å². The molecule has 1 fully saturated rings. The first-order chi connectivity index (χ1) is 19.3. The van der Waals surface area contributed by atoms with Crippen molar-refractivity contribution in [3.63, 3.8) is 0 Å². The quantitative estimate of drug-likeness (QED) is 0.364. The lowest BCUT2D eigenvalue weighted by Gasteiger charge is -2.35. The molecule has 11 nitrogen and oxygen atoms in total. The van der Waals surface area contributed by atoms with Crippen LogP contribution in [0.5, 0.6) is 11.6 Å². The molecule has 0 unspecified atom stereocenters. The summed E-state index contributed by atoms with van der Waals surface area (Å²) in [6.45, 7) is 1.35. The second-order valence-corrected chi connectivity index (χ2v) is 10.6. The molecule has 0 saturated carbocycles. The maximum atomic E-state index is 13.3. The van der Waals surface area contributed by atoms with E-state index in [1.165, 1.54) is 38.6 Å². The first kappa shape index (κ1) is 26.9. The first-order valence-corrected chi connectivity index (χ1v) is 13.9. The fourth-order valence-corrected chi connectivity index (χ4v) is 5.83. The highest BCUT2D eigenvalue weighted by atomic mass is 32.2. The lowest BCUT2D eigenvalue weighted by molar-refractivity contribution is 0.0533. The smallest absolute Gasteiger partial charge is 0.264 e. The minimum Gasteiger partial charge on any atom is -0.495 e. The van der Waals surface area contributed by atoms with E-state index in [1.807, 2.05) is 0 Å². The molecule has 0 atom stereocenters. The lowest BCUT2D eigenvalue weighted by atomic mass is 10.1. The second-order valence-electron chi connectivity index (χ2n) is 9.00. The van der Waals surface area contributed by atoms with Gasteiger partial charge in [0.05, 0.1) is 25.4 Å². The Morgan fingerprint density at radius 2 is 1.50 bits per heavy atom. The normalized spacial score (nSPS) is 13.7. The number of benzene rings is 2. The molecule has 12 heteroatoms. The third-order valence-corrected chi connectivity index (χ3v) is 8.02. The zero-order valence-electron chi connectivity index (χ0n) is 21.9. The molecular formula is C28H27N5O6S. The molecule has 2 amide bonds. The predicted molar refractivity (Wildman–Crippen MR) is 148 cm³/mol. The number of hydrogen-bond acceptors (Lipinski definition) is 8. The number of anilines is 1. The van der Waals surface area contributed by atoms with Crippen LogP contribution in [0, 0.1) is 0 Å². The van der Waals surface area contributed by atoms with Crippen LogP contribution in [-0.2, 0) is 10.0 Å². The van der Waals surface area contributed by atoms with Crippen molar-refractivity contribution in [3.8, 4) is 11.6 Å². The van der Waals surface area contributed by atoms with Gasteiger partial charge in [-0.1, -0.05) is 18.2 Å². The number of para-hydroxylation sites is 1. The summed E-state index contributed by atoms with van der Waals surface area (Å²) in [5, 5.41) is 0.694. The van der Waals surface area contributed by atoms with E-state index in [0.29, 0.717) is 48.2 Å². The summed E-state index contributed by atoms with van der Waals surface area (Å²) in [6, 6.07) is 16.3. The Kier molecular flexibility index (Phi) is 7.52. The number of methoxy groups -OCH3 is 2. The molecule has 1 aliphatic heterocycles. The Hall–Kier alpha value is -4.71. The average Bonchev–Trinajstić information content (AvgIpc) is 3.00. The number of aromatic nitrogens is 2. The molecule has 1 saturated heterocycles. The van der Waals surface area contributed by atoms with E-state index < -0.39 is 10.0 Å². The van der Waals surface area contributed by atoms with Crippen molar-refractivity contribution < 1.29 is 27.5 Å². The number of rotatable bonds is 7. The van der Waals surface area contributed by atoms with Crippen LogP contribution in [0.2, 0.25) is 0 Å². The van der Waals surface area contributed by atoms with Crippen molar-refractivity contribution >= 4 is 38.4 Å². The van der Waals surface area contributed by atoms with Crippen LogP contribution >= 0.6 is 0 Å². The van der Waals surface area contributed by atoms with Gasteiger partial charge in [0.15, 0.2) is 0 Å². The van der Waals surface area contributed by atoms with Gasteiger partial charge >= 0.3 is 0 Å². The van der Waals surface area contributed by atoms with Crippen LogP contribution < -0.4 is 14.2 Å². The highest BCUT2D eigenvalue weighted by Crippen LogP contribution is 2.30. The van der Waals surface area contributed by atoms with Gasteiger partial charge in [-0.2, -0.15) is 0 Å². The van der Waals surface area contributed by atoms with Gasteiger partial charge in [-0.05, 0) is 42.5 Å². The summed E-state index contributed by atoms with van der Waals surface area (Å²) in [5.41, 5.74) is 1.24. The van der Waals surface area contributed by atoms with Crippen molar-refractivity contribution in [2.24, 2.45) is 0 Å². The molecule has 0 aliphatic carbocycles. The molecule has 40 heavy (non-hydrogen) atoms. The van der Waals surface area contributed by atoms with Crippen LogP contribution in [-0.4, -0.2) is 80.4 Å². The number of carbonyl (C=O) groups is 2. The maximum absolute atomic E-state index is 13.3. The van der Waals surface area contributed by atoms with Crippen molar-refractivity contribution in [1.82, 2.24) is 19.8 Å². The minimum absolute atomic E-state index is 0.0316. The van der Waals surface area contributed by atoms with Gasteiger partial charge in [0.1, 0.15) is 16.2 Å². The standard InChI is InChI=1S/C28H27N5O6S/c1-38-23-18-20(10-11-22(23)31-40(36,37)24-9-3-6-19-7-4-12-29-25(19)24)27(34)32-14-16-33(17-15-32)28(35)21-8-5-13-30-26(21)39-2/h3-13,18,31H,14-17H2,1-2H3. The van der Waals surface area contributed by atoms with Gasteiger partial charge in [-0.3, -0.25) is 19.3 Å². The number of hydrogen-bond donors (Lipinski definition) is 1. The van der Waals surface area contributed by atoms with Gasteiger partial charge in [-0.25, -0.2) is 13.4 Å². The van der Waals surface area contributed by atoms with Crippen molar-refractivity contribution in [2.45, 2.75) is 4.90 Å². The molecule has 1 aliphatic rings. The molecule has 2 aromatic heterocycles. The van der Waals surface area contributed by atoms with Gasteiger partial charge in [0.2, 0.25) is 5.88 Å². The second kappa shape index (κ2) is 11.2. The molecule has 2 aromatic carbocycles. The monoisotopic (exact) mass is 561 g/mol. The molecule has 0 bridgehead atoms. The Morgan fingerprint density at radius 3 is 2.23 bits per heavy atom. The van der Waals surface area contributed by atoms with Crippen molar-refractivity contribution in [3.05, 3.63) is 84.2 Å². The third kappa shape index (κ3) is 5.25. The molecular weight excluding hydrogens is 534 g/mol. The minimum atomic E-state index is -4.01. The number of nitrogens with one attached hydrogen (secondary N) is 1. The van der Waals surface area contributed by atoms with E-state index in [0.717, 1.165) is 0 Å². The summed E-state index contributed by atoms with van der Waals surface area (Å²) in [6.07, 6.45) is 3.09. The Labute approximate surface area is 231 Å². The molecule has 1 N–H and O–H groups in total. The number of ether oxygens (including phenoxy) is 2. The largest absolute Gasteiger partial charge is 0.495 e. The summed E-state index contributed by atoms with van der Waals surface area (Å²) in [7, 11) is -1.15. The van der Waals surface area contributed by atoms with Gasteiger partial charge in [0.25, 0.3) is 21.8 Å². The van der Waals surface area contributed by atoms with E-state index in [1.54, 1.807) is 58.5 Å². The van der Waals surface area contributed by atoms with Gasteiger partial charge < -0.3 is 19.3 Å². The van der Waals surface area contributed by atoms with Gasteiger partial charge in [-0.15, -0.1) is 0 Å². The topological polar surface area (TPSA) is 131 Å². The summed E-state index contributed by atoms with van der Waals surface area (Å²) in [5.74, 6) is -0.0144. The number of nitrogens with zero attached hydrogens (tertiary/aromatic N) is 4. The van der Waals surface area contributed by atoms with Crippen LogP contribution in [0.15, 0.2) is 78.0 Å². The number of piperazine rings is 1. The van der Waals surface area contributed by atoms with E-state index >= 15 is 0 Å². The highest BCUT2D eigenvalue weighted by molar-refractivity contribution is 7.93. The Morgan fingerprint density at radius 1 is 0.825 bits per heavy atom. The maximum Gasteiger partial charge on any atom is 0.264 e. The highest BCUT2D eigenvalue weighted by Gasteiger charge is 2.28. The van der Waals surface area contributed by atoms with E-state index in [4.69, 9.17) is 9.47 Å². The summed E-state index contributed by atoms with van der Waals surface area (Å²) >= 11 is 0. The van der Waals surface area contributed by atoms with E-state index in [9.17, 15) is 18.0 Å². The number of amides is 2. The zero-order valence-corrected chi connectivity index (χ0v) is 22.7. The van der Waals surface area contributed by atoms with Crippen molar-refractivity contribution in [1.29, 1.82) is 0 Å². The van der Waals surface area contributed by atoms with E-state index in [-0.39, 0.29) is 34.0 Å². The molecule has 0 spiro atoms. The van der Waals surface area contributed by atoms with Crippen LogP contribution in [0.25, 0.3) is 10.9 Å². The molecule has 0 radical (unpaired) electrons. The van der Waals surface area contributed by atoms with E-state index in [2.05, 4.69) is 14.7 Å². The number of pyridine rings is 2. The Balaban J connectivity index is 1.29. The predicted octanol–water partition coefficient (Wildman–Crippen LogP) is 3.05. The fourth-order valence-electron chi connectivity index (χ4n) is 4.58. The van der Waals surface area contributed by atoms with Gasteiger partial charge in [0, 0.05) is 49.5 Å². The first-order valence-electron chi connectivity index (χ1n) is 12.4. The molecule has 5 rings (SSSR count). The number of carbonyl (C=O) groups excluding carboxylic acids is 2.